The Morgan fingerprint density at radius 3 is 2.11 bits per heavy atom. The number of nitrogens with two attached hydrogens (primary N) is 1. The van der Waals surface area contributed by atoms with Gasteiger partial charge >= 0.3 is 0 Å². The molecule has 0 atom stereocenters. The Labute approximate surface area is 114 Å². The van der Waals surface area contributed by atoms with Gasteiger partial charge in [-0.1, -0.05) is 13.8 Å². The van der Waals surface area contributed by atoms with Crippen LogP contribution < -0.4 is 5.73 Å². The summed E-state index contributed by atoms with van der Waals surface area (Å²) in [7, 11) is 4.46. The van der Waals surface area contributed by atoms with Crippen molar-refractivity contribution in [2.75, 3.05) is 40.3 Å². The molecule has 0 unspecified atom stereocenters. The Hall–Kier alpha value is -0.120. The average Bonchev–Trinajstić information content (AvgIpc) is 2.19. The molecule has 1 heterocycles. The maximum Gasteiger partial charge on any atom is 0.0161 e. The van der Waals surface area contributed by atoms with E-state index in [0.29, 0.717) is 0 Å². The highest BCUT2D eigenvalue weighted by Gasteiger charge is 2.34. The van der Waals surface area contributed by atoms with Crippen LogP contribution >= 0.6 is 0 Å². The number of hydrogen-bond donors (Lipinski definition) is 1. The summed E-state index contributed by atoms with van der Waals surface area (Å²) in [6.07, 6.45) is 2.68. The first-order chi connectivity index (χ1) is 8.12. The van der Waals surface area contributed by atoms with Crippen LogP contribution in [-0.2, 0) is 0 Å². The van der Waals surface area contributed by atoms with E-state index in [2.05, 4.69) is 51.6 Å². The zero-order valence-corrected chi connectivity index (χ0v) is 13.3. The zero-order valence-electron chi connectivity index (χ0n) is 13.3. The number of nitrogens with zero attached hydrogens (tertiary/aromatic N) is 2. The molecule has 0 amide bonds. The molecule has 0 bridgehead atoms. The minimum atomic E-state index is -0.131. The highest BCUT2D eigenvalue weighted by atomic mass is 15.1. The van der Waals surface area contributed by atoms with Crippen LogP contribution in [0.1, 0.15) is 40.5 Å². The second-order valence-corrected chi connectivity index (χ2v) is 7.55. The van der Waals surface area contributed by atoms with Crippen molar-refractivity contribution in [3.63, 3.8) is 0 Å². The summed E-state index contributed by atoms with van der Waals surface area (Å²) in [6.45, 7) is 13.6. The number of hydrogen-bond acceptors (Lipinski definition) is 3. The van der Waals surface area contributed by atoms with E-state index in [1.54, 1.807) is 0 Å². The summed E-state index contributed by atoms with van der Waals surface area (Å²) in [5, 5.41) is 0. The summed E-state index contributed by atoms with van der Waals surface area (Å²) in [4.78, 5) is 4.91. The van der Waals surface area contributed by atoms with E-state index in [-0.39, 0.29) is 11.0 Å². The van der Waals surface area contributed by atoms with E-state index < -0.39 is 0 Å². The van der Waals surface area contributed by atoms with Gasteiger partial charge < -0.3 is 15.5 Å². The summed E-state index contributed by atoms with van der Waals surface area (Å²) >= 11 is 0. The topological polar surface area (TPSA) is 32.5 Å². The van der Waals surface area contributed by atoms with Crippen LogP contribution in [0.15, 0.2) is 0 Å². The molecule has 0 radical (unpaired) electrons. The fourth-order valence-corrected chi connectivity index (χ4v) is 2.63. The van der Waals surface area contributed by atoms with E-state index in [0.717, 1.165) is 12.5 Å². The lowest BCUT2D eigenvalue weighted by molar-refractivity contribution is 0.105. The molecule has 1 aliphatic heterocycles. The molecule has 108 valence electrons. The summed E-state index contributed by atoms with van der Waals surface area (Å²) in [6, 6.07) is 0. The zero-order chi connectivity index (χ0) is 14.0. The summed E-state index contributed by atoms with van der Waals surface area (Å²) < 4.78 is 0. The summed E-state index contributed by atoms with van der Waals surface area (Å²) in [5.41, 5.74) is 6.29. The van der Waals surface area contributed by atoms with Gasteiger partial charge in [0.25, 0.3) is 0 Å². The fourth-order valence-electron chi connectivity index (χ4n) is 2.63. The number of likely N-dealkylation sites (tertiary alicyclic amines) is 1. The quantitative estimate of drug-likeness (QED) is 0.816. The van der Waals surface area contributed by atoms with Crippen LogP contribution in [0.25, 0.3) is 0 Å². The third kappa shape index (κ3) is 4.52. The third-order valence-electron chi connectivity index (χ3n) is 4.82. The number of rotatable bonds is 5. The molecule has 1 fully saturated rings. The molecular weight excluding hydrogens is 222 g/mol. The van der Waals surface area contributed by atoms with Crippen molar-refractivity contribution in [2.45, 2.75) is 46.1 Å². The lowest BCUT2D eigenvalue weighted by Crippen LogP contribution is -2.53. The Morgan fingerprint density at radius 2 is 1.67 bits per heavy atom. The SMILES string of the molecule is CN1CCC(CN(C)CC(C)(C)C(C)(C)N)CC1. The maximum atomic E-state index is 6.28. The van der Waals surface area contributed by atoms with Crippen LogP contribution in [0.3, 0.4) is 0 Å². The molecule has 0 aliphatic carbocycles. The second kappa shape index (κ2) is 5.89. The highest BCUT2D eigenvalue weighted by molar-refractivity contribution is 4.92. The average molecular weight is 255 g/mol. The van der Waals surface area contributed by atoms with Crippen LogP contribution in [0, 0.1) is 11.3 Å². The molecule has 1 aliphatic rings. The first kappa shape index (κ1) is 15.9. The predicted octanol–water partition coefficient (Wildman–Crippen LogP) is 2.02. The molecule has 0 aromatic carbocycles. The molecule has 2 N–H and O–H groups in total. The van der Waals surface area contributed by atoms with Gasteiger partial charge in [0.1, 0.15) is 0 Å². The normalized spacial score (nSPS) is 20.7. The minimum Gasteiger partial charge on any atom is -0.325 e. The van der Waals surface area contributed by atoms with E-state index in [9.17, 15) is 0 Å². The molecular formula is C15H33N3. The van der Waals surface area contributed by atoms with Gasteiger partial charge in [-0.15, -0.1) is 0 Å². The Balaban J connectivity index is 2.40. The van der Waals surface area contributed by atoms with E-state index in [4.69, 9.17) is 5.73 Å². The van der Waals surface area contributed by atoms with Crippen molar-refractivity contribution in [3.05, 3.63) is 0 Å². The van der Waals surface area contributed by atoms with Gasteiger partial charge in [-0.2, -0.15) is 0 Å². The molecule has 0 aromatic heterocycles. The first-order valence-corrected chi connectivity index (χ1v) is 7.28. The Kier molecular flexibility index (Phi) is 5.22. The van der Waals surface area contributed by atoms with Gasteiger partial charge in [-0.3, -0.25) is 0 Å². The van der Waals surface area contributed by atoms with Crippen molar-refractivity contribution in [1.82, 2.24) is 9.80 Å². The van der Waals surface area contributed by atoms with Gasteiger partial charge in [0.15, 0.2) is 0 Å². The standard InChI is InChI=1S/C15H33N3/c1-14(2,15(3,4)16)12-18(6)11-13-7-9-17(5)10-8-13/h13H,7-12,16H2,1-6H3. The Bertz CT molecular complexity index is 247. The van der Waals surface area contributed by atoms with Crippen molar-refractivity contribution < 1.29 is 0 Å². The fraction of sp³-hybridized carbons (Fsp3) is 1.00. The van der Waals surface area contributed by atoms with Gasteiger partial charge in [0, 0.05) is 18.6 Å². The monoisotopic (exact) mass is 255 g/mol. The molecule has 1 rings (SSSR count). The van der Waals surface area contributed by atoms with Crippen LogP contribution in [0.2, 0.25) is 0 Å². The lowest BCUT2D eigenvalue weighted by Gasteiger charge is -2.42. The molecule has 3 nitrogen and oxygen atoms in total. The smallest absolute Gasteiger partial charge is 0.0161 e. The van der Waals surface area contributed by atoms with Gasteiger partial charge in [0.2, 0.25) is 0 Å². The molecule has 18 heavy (non-hydrogen) atoms. The molecule has 3 heteroatoms. The molecule has 0 spiro atoms. The van der Waals surface area contributed by atoms with Crippen molar-refractivity contribution in [1.29, 1.82) is 0 Å². The molecule has 1 saturated heterocycles. The largest absolute Gasteiger partial charge is 0.325 e. The van der Waals surface area contributed by atoms with Crippen molar-refractivity contribution in [3.8, 4) is 0 Å². The van der Waals surface area contributed by atoms with Gasteiger partial charge in [0.05, 0.1) is 0 Å². The lowest BCUT2D eigenvalue weighted by atomic mass is 9.75. The van der Waals surface area contributed by atoms with E-state index in [1.807, 2.05) is 0 Å². The second-order valence-electron chi connectivity index (χ2n) is 7.55. The minimum absolute atomic E-state index is 0.131. The maximum absolute atomic E-state index is 6.28. The molecule has 0 saturated carbocycles. The van der Waals surface area contributed by atoms with Crippen LogP contribution in [0.5, 0.6) is 0 Å². The predicted molar refractivity (Wildman–Crippen MR) is 79.8 cm³/mol. The first-order valence-electron chi connectivity index (χ1n) is 7.28. The molecule has 0 aromatic rings. The van der Waals surface area contributed by atoms with Crippen molar-refractivity contribution in [2.24, 2.45) is 17.1 Å². The van der Waals surface area contributed by atoms with Gasteiger partial charge in [-0.25, -0.2) is 0 Å². The van der Waals surface area contributed by atoms with E-state index in [1.165, 1.54) is 32.5 Å². The van der Waals surface area contributed by atoms with Crippen LogP contribution in [0.4, 0.5) is 0 Å². The Morgan fingerprint density at radius 1 is 1.17 bits per heavy atom. The van der Waals surface area contributed by atoms with Crippen molar-refractivity contribution >= 4 is 0 Å². The third-order valence-corrected chi connectivity index (χ3v) is 4.82. The van der Waals surface area contributed by atoms with Crippen LogP contribution in [-0.4, -0.2) is 55.6 Å². The van der Waals surface area contributed by atoms with E-state index >= 15 is 0 Å². The highest BCUT2D eigenvalue weighted by Crippen LogP contribution is 2.29. The summed E-state index contributed by atoms with van der Waals surface area (Å²) in [5.74, 6) is 0.864. The van der Waals surface area contributed by atoms with Gasteiger partial charge in [-0.05, 0) is 65.2 Å². The number of piperidine rings is 1.